The summed E-state index contributed by atoms with van der Waals surface area (Å²) in [6.07, 6.45) is 0. The Bertz CT molecular complexity index is 780. The third-order valence-electron chi connectivity index (χ3n) is 3.39. The van der Waals surface area contributed by atoms with E-state index in [2.05, 4.69) is 19.2 Å². The molecule has 2 aromatic carbocycles. The molecule has 23 heavy (non-hydrogen) atoms. The minimum atomic E-state index is -3.88. The SMILES string of the molecule is Cc1ccc(S(=O)(=O)NC(=O)Nc2ccc(C(C)C)cc2)cc1. The van der Waals surface area contributed by atoms with E-state index in [0.717, 1.165) is 11.1 Å². The summed E-state index contributed by atoms with van der Waals surface area (Å²) in [4.78, 5) is 11.9. The van der Waals surface area contributed by atoms with Gasteiger partial charge in [0.1, 0.15) is 0 Å². The lowest BCUT2D eigenvalue weighted by Gasteiger charge is -2.10. The summed E-state index contributed by atoms with van der Waals surface area (Å²) in [5.41, 5.74) is 2.62. The van der Waals surface area contributed by atoms with Gasteiger partial charge < -0.3 is 5.32 Å². The fourth-order valence-electron chi connectivity index (χ4n) is 2.01. The lowest BCUT2D eigenvalue weighted by molar-refractivity contribution is 0.256. The van der Waals surface area contributed by atoms with Crippen molar-refractivity contribution in [3.05, 3.63) is 59.7 Å². The number of carbonyl (C=O) groups excluding carboxylic acids is 1. The number of rotatable bonds is 4. The molecule has 2 N–H and O–H groups in total. The molecule has 0 fully saturated rings. The Morgan fingerprint density at radius 3 is 2.04 bits per heavy atom. The second-order valence-electron chi connectivity index (χ2n) is 5.65. The molecule has 0 saturated heterocycles. The van der Waals surface area contributed by atoms with Crippen LogP contribution < -0.4 is 10.0 Å². The van der Waals surface area contributed by atoms with Gasteiger partial charge in [0.2, 0.25) is 0 Å². The number of hydrogen-bond donors (Lipinski definition) is 2. The first-order chi connectivity index (χ1) is 10.8. The smallest absolute Gasteiger partial charge is 0.307 e. The highest BCUT2D eigenvalue weighted by Crippen LogP contribution is 2.17. The zero-order valence-corrected chi connectivity index (χ0v) is 14.1. The average molecular weight is 332 g/mol. The highest BCUT2D eigenvalue weighted by atomic mass is 32.2. The van der Waals surface area contributed by atoms with Crippen molar-refractivity contribution in [3.63, 3.8) is 0 Å². The predicted molar refractivity (Wildman–Crippen MR) is 91.1 cm³/mol. The third-order valence-corrected chi connectivity index (χ3v) is 4.74. The molecule has 0 spiro atoms. The van der Waals surface area contributed by atoms with Crippen LogP contribution in [0.1, 0.15) is 30.9 Å². The number of urea groups is 1. The molecule has 5 nitrogen and oxygen atoms in total. The molecule has 0 heterocycles. The van der Waals surface area contributed by atoms with Crippen LogP contribution in [-0.2, 0) is 10.0 Å². The highest BCUT2D eigenvalue weighted by molar-refractivity contribution is 7.90. The Kier molecular flexibility index (Phi) is 5.05. The Balaban J connectivity index is 2.05. The molecule has 122 valence electrons. The summed E-state index contributed by atoms with van der Waals surface area (Å²) >= 11 is 0. The van der Waals surface area contributed by atoms with E-state index in [-0.39, 0.29) is 4.90 Å². The van der Waals surface area contributed by atoms with Gasteiger partial charge in [-0.15, -0.1) is 0 Å². The molecule has 2 amide bonds. The Labute approximate surface area is 136 Å². The minimum absolute atomic E-state index is 0.0494. The molecule has 6 heteroatoms. The van der Waals surface area contributed by atoms with E-state index in [4.69, 9.17) is 0 Å². The molecule has 2 rings (SSSR count). The van der Waals surface area contributed by atoms with Gasteiger partial charge in [-0.3, -0.25) is 0 Å². The van der Waals surface area contributed by atoms with Crippen LogP contribution in [0.5, 0.6) is 0 Å². The van der Waals surface area contributed by atoms with Crippen molar-refractivity contribution in [1.82, 2.24) is 4.72 Å². The number of carbonyl (C=O) groups is 1. The molecule has 0 radical (unpaired) electrons. The number of aryl methyl sites for hydroxylation is 1. The van der Waals surface area contributed by atoms with Gasteiger partial charge in [-0.2, -0.15) is 0 Å². The highest BCUT2D eigenvalue weighted by Gasteiger charge is 2.17. The van der Waals surface area contributed by atoms with Crippen molar-refractivity contribution in [2.75, 3.05) is 5.32 Å². The Hall–Kier alpha value is -2.34. The number of amides is 2. The summed E-state index contributed by atoms with van der Waals surface area (Å²) in [6, 6.07) is 12.8. The van der Waals surface area contributed by atoms with Crippen molar-refractivity contribution in [2.45, 2.75) is 31.6 Å². The summed E-state index contributed by atoms with van der Waals surface area (Å²) < 4.78 is 26.2. The Morgan fingerprint density at radius 2 is 1.52 bits per heavy atom. The number of benzene rings is 2. The van der Waals surface area contributed by atoms with E-state index < -0.39 is 16.1 Å². The molecule has 0 aliphatic heterocycles. The zero-order chi connectivity index (χ0) is 17.0. The van der Waals surface area contributed by atoms with E-state index >= 15 is 0 Å². The number of sulfonamides is 1. The van der Waals surface area contributed by atoms with Gasteiger partial charge in [0.15, 0.2) is 0 Å². The lowest BCUT2D eigenvalue weighted by Crippen LogP contribution is -2.34. The van der Waals surface area contributed by atoms with Gasteiger partial charge in [0.05, 0.1) is 4.90 Å². The van der Waals surface area contributed by atoms with Gasteiger partial charge in [-0.05, 0) is 42.7 Å². The lowest BCUT2D eigenvalue weighted by atomic mass is 10.0. The largest absolute Gasteiger partial charge is 0.333 e. The predicted octanol–water partition coefficient (Wildman–Crippen LogP) is 3.63. The van der Waals surface area contributed by atoms with Crippen molar-refractivity contribution in [1.29, 1.82) is 0 Å². The first-order valence-electron chi connectivity index (χ1n) is 7.28. The summed E-state index contributed by atoms with van der Waals surface area (Å²) in [5.74, 6) is 0.389. The number of hydrogen-bond acceptors (Lipinski definition) is 3. The molecule has 0 aliphatic rings. The zero-order valence-electron chi connectivity index (χ0n) is 13.3. The second-order valence-corrected chi connectivity index (χ2v) is 7.33. The van der Waals surface area contributed by atoms with E-state index in [1.54, 1.807) is 24.3 Å². The van der Waals surface area contributed by atoms with Crippen LogP contribution in [0.2, 0.25) is 0 Å². The van der Waals surface area contributed by atoms with Gasteiger partial charge in [0, 0.05) is 5.69 Å². The van der Waals surface area contributed by atoms with Crippen molar-refractivity contribution in [2.24, 2.45) is 0 Å². The van der Waals surface area contributed by atoms with Crippen molar-refractivity contribution >= 4 is 21.7 Å². The van der Waals surface area contributed by atoms with Crippen LogP contribution in [0.3, 0.4) is 0 Å². The third kappa shape index (κ3) is 4.56. The summed E-state index contributed by atoms with van der Waals surface area (Å²) in [6.45, 7) is 6.00. The van der Waals surface area contributed by atoms with E-state index in [0.29, 0.717) is 11.6 Å². The van der Waals surface area contributed by atoms with Crippen molar-refractivity contribution < 1.29 is 13.2 Å². The number of nitrogens with one attached hydrogen (secondary N) is 2. The average Bonchev–Trinajstić information content (AvgIpc) is 2.47. The van der Waals surface area contributed by atoms with Gasteiger partial charge >= 0.3 is 6.03 Å². The first kappa shape index (κ1) is 17.0. The van der Waals surface area contributed by atoms with Crippen LogP contribution in [0.15, 0.2) is 53.4 Å². The van der Waals surface area contributed by atoms with Crippen LogP contribution in [0.4, 0.5) is 10.5 Å². The van der Waals surface area contributed by atoms with Crippen LogP contribution in [0.25, 0.3) is 0 Å². The second kappa shape index (κ2) is 6.83. The Morgan fingerprint density at radius 1 is 0.957 bits per heavy atom. The molecule has 0 atom stereocenters. The maximum Gasteiger partial charge on any atom is 0.333 e. The molecule has 0 saturated carbocycles. The van der Waals surface area contributed by atoms with Gasteiger partial charge in [0.25, 0.3) is 10.0 Å². The normalized spacial score (nSPS) is 11.3. The molecule has 0 unspecified atom stereocenters. The van der Waals surface area contributed by atoms with Crippen molar-refractivity contribution in [3.8, 4) is 0 Å². The van der Waals surface area contributed by atoms with E-state index in [1.165, 1.54) is 12.1 Å². The molecular formula is C17H20N2O3S. The maximum atomic E-state index is 12.1. The fourth-order valence-corrected chi connectivity index (χ4v) is 2.91. The van der Waals surface area contributed by atoms with Crippen LogP contribution in [-0.4, -0.2) is 14.4 Å². The summed E-state index contributed by atoms with van der Waals surface area (Å²) in [7, 11) is -3.88. The first-order valence-corrected chi connectivity index (χ1v) is 8.76. The fraction of sp³-hybridized carbons (Fsp3) is 0.235. The van der Waals surface area contributed by atoms with Crippen LogP contribution in [0, 0.1) is 6.92 Å². The maximum absolute atomic E-state index is 12.1. The van der Waals surface area contributed by atoms with E-state index in [9.17, 15) is 13.2 Å². The summed E-state index contributed by atoms with van der Waals surface area (Å²) in [5, 5.41) is 2.52. The number of anilines is 1. The standard InChI is InChI=1S/C17H20N2O3S/c1-12(2)14-6-8-15(9-7-14)18-17(20)19-23(21,22)16-10-4-13(3)5-11-16/h4-12H,1-3H3,(H2,18,19,20). The molecule has 2 aromatic rings. The quantitative estimate of drug-likeness (QED) is 0.898. The van der Waals surface area contributed by atoms with Gasteiger partial charge in [-0.1, -0.05) is 43.7 Å². The molecule has 0 aliphatic carbocycles. The molecular weight excluding hydrogens is 312 g/mol. The minimum Gasteiger partial charge on any atom is -0.307 e. The van der Waals surface area contributed by atoms with E-state index in [1.807, 2.05) is 23.8 Å². The monoisotopic (exact) mass is 332 g/mol. The molecule has 0 aromatic heterocycles. The topological polar surface area (TPSA) is 75.3 Å². The molecule has 0 bridgehead atoms. The van der Waals surface area contributed by atoms with Gasteiger partial charge in [-0.25, -0.2) is 17.9 Å². The van der Waals surface area contributed by atoms with Crippen LogP contribution >= 0.6 is 0 Å².